The van der Waals surface area contributed by atoms with Gasteiger partial charge in [0.15, 0.2) is 0 Å². The highest BCUT2D eigenvalue weighted by Crippen LogP contribution is 1.94. The summed E-state index contributed by atoms with van der Waals surface area (Å²) in [6.07, 6.45) is 3.28. The van der Waals surface area contributed by atoms with E-state index in [2.05, 4.69) is 26.2 Å². The van der Waals surface area contributed by atoms with Crippen LogP contribution in [0.25, 0.3) is 0 Å². The van der Waals surface area contributed by atoms with Gasteiger partial charge in [0.05, 0.1) is 0 Å². The molecular formula is C6H18OSSi. The molecular weight excluding hydrogens is 148 g/mol. The number of hydrogen-bond donors (Lipinski definition) is 0. The average Bonchev–Trinajstić information content (AvgIpc) is 1.19. The van der Waals surface area contributed by atoms with Crippen LogP contribution < -0.4 is 0 Å². The Balaban J connectivity index is 0. The first-order valence-corrected chi connectivity index (χ1v) is 8.95. The molecule has 0 rings (SSSR count). The quantitative estimate of drug-likeness (QED) is 0.503. The third kappa shape index (κ3) is 2520. The van der Waals surface area contributed by atoms with Gasteiger partial charge in [-0.25, -0.2) is 0 Å². The fraction of sp³-hybridized carbons (Fsp3) is 1.00. The topological polar surface area (TPSA) is 17.1 Å². The van der Waals surface area contributed by atoms with Crippen molar-refractivity contribution in [1.82, 2.24) is 0 Å². The highest BCUT2D eigenvalue weighted by molar-refractivity contribution is 7.83. The van der Waals surface area contributed by atoms with Crippen LogP contribution >= 0.6 is 0 Å². The molecule has 58 valence electrons. The first kappa shape index (κ1) is 12.1. The van der Waals surface area contributed by atoms with Crippen molar-refractivity contribution >= 4 is 18.9 Å². The number of hydrogen-bond acceptors (Lipinski definition) is 1. The summed E-state index contributed by atoms with van der Waals surface area (Å²) in [5, 5.41) is 0. The van der Waals surface area contributed by atoms with E-state index < -0.39 is 18.9 Å². The maximum absolute atomic E-state index is 9.56. The van der Waals surface area contributed by atoms with Crippen molar-refractivity contribution in [1.29, 1.82) is 0 Å². The number of rotatable bonds is 0. The first-order valence-electron chi connectivity index (χ1n) is 2.98. The van der Waals surface area contributed by atoms with E-state index in [0.717, 1.165) is 0 Å². The van der Waals surface area contributed by atoms with E-state index in [-0.39, 0.29) is 0 Å². The second-order valence-corrected chi connectivity index (χ2v) is 11.2. The zero-order valence-corrected chi connectivity index (χ0v) is 9.13. The molecule has 9 heavy (non-hydrogen) atoms. The standard InChI is InChI=1S/C4H12Si.C2H6OS/c1-5(2,3)4;1-4(2)3/h1-4H3;1-2H3. The average molecular weight is 166 g/mol. The van der Waals surface area contributed by atoms with Crippen LogP contribution in [-0.4, -0.2) is 24.8 Å². The molecule has 0 atom stereocenters. The molecule has 0 aliphatic heterocycles. The van der Waals surface area contributed by atoms with Crippen LogP contribution in [0.5, 0.6) is 0 Å². The van der Waals surface area contributed by atoms with Crippen molar-refractivity contribution < 1.29 is 4.21 Å². The van der Waals surface area contributed by atoms with Gasteiger partial charge < -0.3 is 0 Å². The Morgan fingerprint density at radius 3 is 1.00 bits per heavy atom. The van der Waals surface area contributed by atoms with Crippen LogP contribution in [0.15, 0.2) is 0 Å². The van der Waals surface area contributed by atoms with Gasteiger partial charge in [-0.2, -0.15) is 0 Å². The summed E-state index contributed by atoms with van der Waals surface area (Å²) in [4.78, 5) is 0. The molecule has 0 saturated carbocycles. The predicted octanol–water partition coefficient (Wildman–Crippen LogP) is 1.95. The Morgan fingerprint density at radius 2 is 1.00 bits per heavy atom. The second kappa shape index (κ2) is 5.18. The highest BCUT2D eigenvalue weighted by Gasteiger charge is 1.99. The lowest BCUT2D eigenvalue weighted by molar-refractivity contribution is 0.690. The minimum atomic E-state index is -0.611. The SMILES string of the molecule is CS(C)=O.C[Si](C)(C)C. The Labute approximate surface area is 62.3 Å². The lowest BCUT2D eigenvalue weighted by atomic mass is 11.8. The summed E-state index contributed by atoms with van der Waals surface area (Å²) in [5.41, 5.74) is 0. The fourth-order valence-corrected chi connectivity index (χ4v) is 0. The molecule has 0 aromatic heterocycles. The highest BCUT2D eigenvalue weighted by atomic mass is 32.2. The molecule has 0 aliphatic rings. The minimum Gasteiger partial charge on any atom is -0.260 e. The van der Waals surface area contributed by atoms with Crippen molar-refractivity contribution in [3.05, 3.63) is 0 Å². The zero-order valence-electron chi connectivity index (χ0n) is 7.32. The Morgan fingerprint density at radius 1 is 1.00 bits per heavy atom. The van der Waals surface area contributed by atoms with Crippen molar-refractivity contribution in [2.24, 2.45) is 0 Å². The van der Waals surface area contributed by atoms with E-state index in [4.69, 9.17) is 0 Å². The van der Waals surface area contributed by atoms with Crippen LogP contribution in [0.3, 0.4) is 0 Å². The molecule has 0 saturated heterocycles. The van der Waals surface area contributed by atoms with Crippen LogP contribution in [0.4, 0.5) is 0 Å². The van der Waals surface area contributed by atoms with Crippen LogP contribution in [0.2, 0.25) is 26.2 Å². The Hall–Kier alpha value is 0.367. The normalized spacial score (nSPS) is 10.6. The van der Waals surface area contributed by atoms with Gasteiger partial charge in [-0.15, -0.1) is 0 Å². The van der Waals surface area contributed by atoms with E-state index in [1.165, 1.54) is 0 Å². The summed E-state index contributed by atoms with van der Waals surface area (Å²) >= 11 is 0. The molecule has 0 bridgehead atoms. The summed E-state index contributed by atoms with van der Waals surface area (Å²) in [6.45, 7) is 9.31. The van der Waals surface area contributed by atoms with Crippen molar-refractivity contribution in [2.75, 3.05) is 12.5 Å². The third-order valence-electron chi connectivity index (χ3n) is 0. The van der Waals surface area contributed by atoms with E-state index in [1.807, 2.05) is 0 Å². The minimum absolute atomic E-state index is 0.611. The largest absolute Gasteiger partial charge is 0.260 e. The van der Waals surface area contributed by atoms with E-state index in [9.17, 15) is 4.21 Å². The first-order chi connectivity index (χ1) is 3.73. The molecule has 1 nitrogen and oxygen atoms in total. The van der Waals surface area contributed by atoms with Gasteiger partial charge in [-0.3, -0.25) is 4.21 Å². The van der Waals surface area contributed by atoms with Gasteiger partial charge in [0, 0.05) is 31.4 Å². The predicted molar refractivity (Wildman–Crippen MR) is 49.2 cm³/mol. The molecule has 0 fully saturated rings. The second-order valence-electron chi connectivity index (χ2n) is 3.74. The van der Waals surface area contributed by atoms with E-state index >= 15 is 0 Å². The van der Waals surface area contributed by atoms with Crippen LogP contribution in [0, 0.1) is 0 Å². The zero-order chi connectivity index (χ0) is 8.08. The summed E-state index contributed by atoms with van der Waals surface area (Å²) in [6, 6.07) is 0. The summed E-state index contributed by atoms with van der Waals surface area (Å²) in [5.74, 6) is 0. The molecule has 0 radical (unpaired) electrons. The molecule has 0 N–H and O–H groups in total. The maximum Gasteiger partial charge on any atom is 0.0411 e. The third-order valence-corrected chi connectivity index (χ3v) is 0. The Kier molecular flexibility index (Phi) is 6.95. The van der Waals surface area contributed by atoms with Crippen LogP contribution in [-0.2, 0) is 10.8 Å². The smallest absolute Gasteiger partial charge is 0.0411 e. The van der Waals surface area contributed by atoms with Gasteiger partial charge >= 0.3 is 0 Å². The molecule has 0 aliphatic carbocycles. The van der Waals surface area contributed by atoms with Crippen molar-refractivity contribution in [3.63, 3.8) is 0 Å². The maximum atomic E-state index is 9.56. The molecule has 0 spiro atoms. The van der Waals surface area contributed by atoms with Gasteiger partial charge in [-0.1, -0.05) is 26.2 Å². The molecule has 3 heteroatoms. The monoisotopic (exact) mass is 166 g/mol. The fourth-order valence-electron chi connectivity index (χ4n) is 0. The summed E-state index contributed by atoms with van der Waals surface area (Å²) in [7, 11) is -1.22. The molecule has 0 aromatic rings. The van der Waals surface area contributed by atoms with Gasteiger partial charge in [0.25, 0.3) is 0 Å². The van der Waals surface area contributed by atoms with Crippen molar-refractivity contribution in [3.8, 4) is 0 Å². The molecule has 0 amide bonds. The molecule has 0 aromatic carbocycles. The lowest BCUT2D eigenvalue weighted by Crippen LogP contribution is -2.10. The van der Waals surface area contributed by atoms with Crippen LogP contribution in [0.1, 0.15) is 0 Å². The van der Waals surface area contributed by atoms with Gasteiger partial charge in [-0.05, 0) is 0 Å². The van der Waals surface area contributed by atoms with Gasteiger partial charge in [0.1, 0.15) is 0 Å². The Bertz CT molecular complexity index is 75.5. The van der Waals surface area contributed by atoms with E-state index in [0.29, 0.717) is 0 Å². The summed E-state index contributed by atoms with van der Waals surface area (Å²) < 4.78 is 9.56. The molecule has 0 heterocycles. The van der Waals surface area contributed by atoms with Crippen molar-refractivity contribution in [2.45, 2.75) is 26.2 Å². The lowest BCUT2D eigenvalue weighted by Gasteiger charge is -2.01. The van der Waals surface area contributed by atoms with E-state index in [1.54, 1.807) is 12.5 Å². The van der Waals surface area contributed by atoms with Gasteiger partial charge in [0.2, 0.25) is 0 Å². The molecule has 0 unspecified atom stereocenters.